The maximum atomic E-state index is 16.3. The van der Waals surface area contributed by atoms with E-state index in [2.05, 4.69) is 48.3 Å². The summed E-state index contributed by atoms with van der Waals surface area (Å²) >= 11 is 15.9. The number of pyridine rings is 2. The number of likely N-dealkylation sites (tertiary alicyclic amines) is 1. The van der Waals surface area contributed by atoms with Crippen molar-refractivity contribution in [2.24, 2.45) is 11.8 Å². The molecule has 1 amide bonds. The zero-order chi connectivity index (χ0) is 37.4. The summed E-state index contributed by atoms with van der Waals surface area (Å²) in [5.74, 6) is 1.29. The first-order chi connectivity index (χ1) is 25.6. The number of carbonyl (C=O) groups excluding carboxylic acids is 1. The maximum Gasteiger partial charge on any atom is 0.256 e. The van der Waals surface area contributed by atoms with Gasteiger partial charge in [0.1, 0.15) is 5.52 Å². The summed E-state index contributed by atoms with van der Waals surface area (Å²) in [6, 6.07) is 13.7. The molecule has 5 fully saturated rings. The van der Waals surface area contributed by atoms with Gasteiger partial charge >= 0.3 is 0 Å². The predicted octanol–water partition coefficient (Wildman–Crippen LogP) is 9.59. The van der Waals surface area contributed by atoms with E-state index in [1.165, 1.54) is 32.6 Å². The molecule has 3 aromatic heterocycles. The zero-order valence-corrected chi connectivity index (χ0v) is 32.6. The number of aryl methyl sites for hydroxylation is 2. The molecular formula is C40H40BrCl2FN6O3. The van der Waals surface area contributed by atoms with Gasteiger partial charge in [0.05, 0.1) is 34.8 Å². The molecule has 1 atom stereocenters. The molecule has 0 radical (unpaired) electrons. The number of nitrogens with zero attached hydrogens (tertiary/aromatic N) is 4. The van der Waals surface area contributed by atoms with Crippen LogP contribution >= 0.6 is 39.1 Å². The molecular weight excluding hydrogens is 782 g/mol. The average molecular weight is 823 g/mol. The van der Waals surface area contributed by atoms with Crippen LogP contribution in [0.3, 0.4) is 0 Å². The molecule has 276 valence electrons. The SMILES string of the molecule is C1NC2CC1C2.COc1ncc(Br)cc1O.Cc1nc2c(F)c(-c3cccc(Cl)c3Cl)c(CCC#N)cc2c2[nH]c(C3CCCN3C(=O)C3CC3)cc12. The van der Waals surface area contributed by atoms with Crippen LogP contribution < -0.4 is 10.1 Å². The number of nitrogens with one attached hydrogen (secondary N) is 2. The number of hydrogen-bond donors (Lipinski definition) is 3. The van der Waals surface area contributed by atoms with Crippen molar-refractivity contribution in [3.8, 4) is 28.8 Å². The van der Waals surface area contributed by atoms with Crippen molar-refractivity contribution in [3.05, 3.63) is 79.9 Å². The third-order valence-corrected chi connectivity index (χ3v) is 11.8. The zero-order valence-electron chi connectivity index (χ0n) is 29.5. The van der Waals surface area contributed by atoms with Crippen molar-refractivity contribution >= 4 is 66.8 Å². The van der Waals surface area contributed by atoms with Gasteiger partial charge in [-0.25, -0.2) is 14.4 Å². The fraction of sp³-hybridized carbons (Fsp3) is 0.400. The summed E-state index contributed by atoms with van der Waals surface area (Å²) in [5, 5.41) is 23.9. The molecule has 9 nitrogen and oxygen atoms in total. The monoisotopic (exact) mass is 820 g/mol. The quantitative estimate of drug-likeness (QED) is 0.156. The number of amides is 1. The van der Waals surface area contributed by atoms with Crippen molar-refractivity contribution < 1.29 is 19.0 Å². The van der Waals surface area contributed by atoms with Crippen LogP contribution in [0, 0.1) is 35.9 Å². The topological polar surface area (TPSA) is 127 Å². The fourth-order valence-corrected chi connectivity index (χ4v) is 8.36. The third-order valence-electron chi connectivity index (χ3n) is 10.6. The molecule has 3 N–H and O–H groups in total. The number of methoxy groups -OCH3 is 1. The normalized spacial score (nSPS) is 19.9. The number of hydrogen-bond acceptors (Lipinski definition) is 7. The number of benzene rings is 2. The maximum absolute atomic E-state index is 16.3. The Morgan fingerprint density at radius 1 is 1.19 bits per heavy atom. The summed E-state index contributed by atoms with van der Waals surface area (Å²) in [5.41, 5.74) is 4.17. The smallest absolute Gasteiger partial charge is 0.256 e. The Bertz CT molecular complexity index is 2220. The number of fused-ring (bicyclic) bond motifs is 4. The number of halogens is 4. The highest BCUT2D eigenvalue weighted by Crippen LogP contribution is 2.43. The highest BCUT2D eigenvalue weighted by Gasteiger charge is 2.39. The molecule has 5 aliphatic rings. The lowest BCUT2D eigenvalue weighted by Gasteiger charge is -2.24. The molecule has 2 aliphatic carbocycles. The highest BCUT2D eigenvalue weighted by atomic mass is 79.9. The molecule has 0 spiro atoms. The van der Waals surface area contributed by atoms with E-state index in [1.54, 1.807) is 24.4 Å². The molecule has 13 heteroatoms. The van der Waals surface area contributed by atoms with E-state index in [0.29, 0.717) is 39.2 Å². The predicted molar refractivity (Wildman–Crippen MR) is 209 cm³/mol. The fourth-order valence-electron chi connectivity index (χ4n) is 7.64. The highest BCUT2D eigenvalue weighted by molar-refractivity contribution is 9.10. The van der Waals surface area contributed by atoms with E-state index in [4.69, 9.17) is 33.0 Å². The Labute approximate surface area is 326 Å². The van der Waals surface area contributed by atoms with Crippen LogP contribution in [0.1, 0.15) is 67.9 Å². The molecule has 3 aliphatic heterocycles. The van der Waals surface area contributed by atoms with E-state index in [9.17, 15) is 10.1 Å². The van der Waals surface area contributed by atoms with Gasteiger partial charge in [-0.3, -0.25) is 4.79 Å². The molecule has 10 rings (SSSR count). The van der Waals surface area contributed by atoms with Gasteiger partial charge in [0.25, 0.3) is 5.88 Å². The minimum Gasteiger partial charge on any atom is -0.503 e. The van der Waals surface area contributed by atoms with Crippen LogP contribution in [-0.4, -0.2) is 57.1 Å². The van der Waals surface area contributed by atoms with Gasteiger partial charge in [0.2, 0.25) is 5.91 Å². The summed E-state index contributed by atoms with van der Waals surface area (Å²) in [4.78, 5) is 26.9. The van der Waals surface area contributed by atoms with Gasteiger partial charge in [0, 0.05) is 74.9 Å². The number of H-pyrrole nitrogens is 1. The summed E-state index contributed by atoms with van der Waals surface area (Å²) in [6.45, 7) is 3.95. The molecule has 3 saturated heterocycles. The van der Waals surface area contributed by atoms with Crippen molar-refractivity contribution in [2.75, 3.05) is 20.2 Å². The van der Waals surface area contributed by atoms with Crippen LogP contribution in [0.5, 0.6) is 11.6 Å². The molecule has 53 heavy (non-hydrogen) atoms. The van der Waals surface area contributed by atoms with Crippen molar-refractivity contribution in [3.63, 3.8) is 0 Å². The average Bonchev–Trinajstić information content (AvgIpc) is 3.53. The van der Waals surface area contributed by atoms with E-state index in [1.807, 2.05) is 17.9 Å². The Morgan fingerprint density at radius 2 is 1.98 bits per heavy atom. The third kappa shape index (κ3) is 7.70. The second kappa shape index (κ2) is 15.8. The Kier molecular flexibility index (Phi) is 11.1. The number of aromatic hydroxyl groups is 1. The lowest BCUT2D eigenvalue weighted by molar-refractivity contribution is -0.133. The number of nitriles is 1. The standard InChI is InChI=1S/C29H25Cl2FN4O.C6H6BrNO2.C5H9N/c1-15-19-14-22(23-8-4-12-36(23)29(37)16-9-10-16)35-27(19)20-13-17(5-3-11-33)24(26(32)28(20)34-15)18-6-2-7-21(30)25(18)31;1-10-6-5(9)2-4(7)3-8-6;1-4-2-5(1)6-3-4/h2,6-7,13-14,16,23,35H,3-5,8-10,12H2,1H3;2-3,9H,1H3;4-6H,1-3H2. The number of ether oxygens (including phenoxy) is 1. The van der Waals surface area contributed by atoms with Gasteiger partial charge in [-0.15, -0.1) is 0 Å². The number of aromatic nitrogens is 3. The molecule has 1 unspecified atom stereocenters. The van der Waals surface area contributed by atoms with Gasteiger partial charge in [-0.1, -0.05) is 35.3 Å². The lowest BCUT2D eigenvalue weighted by atomic mass is 9.87. The first-order valence-corrected chi connectivity index (χ1v) is 19.5. The second-order valence-electron chi connectivity index (χ2n) is 14.2. The molecule has 2 saturated carbocycles. The van der Waals surface area contributed by atoms with Crippen LogP contribution in [0.15, 0.2) is 47.1 Å². The molecule has 2 bridgehead atoms. The van der Waals surface area contributed by atoms with Gasteiger partial charge in [-0.2, -0.15) is 5.26 Å². The number of carbonyl (C=O) groups is 1. The number of aromatic amines is 1. The summed E-state index contributed by atoms with van der Waals surface area (Å²) in [6.07, 6.45) is 8.91. The second-order valence-corrected chi connectivity index (χ2v) is 15.9. The minimum absolute atomic E-state index is 0.0117. The summed E-state index contributed by atoms with van der Waals surface area (Å²) < 4.78 is 21.8. The molecule has 5 aromatic rings. The van der Waals surface area contributed by atoms with E-state index < -0.39 is 5.82 Å². The number of rotatable bonds is 6. The first kappa shape index (κ1) is 37.4. The minimum atomic E-state index is -0.484. The van der Waals surface area contributed by atoms with Crippen LogP contribution in [0.25, 0.3) is 32.9 Å². The van der Waals surface area contributed by atoms with Gasteiger partial charge in [0.15, 0.2) is 11.6 Å². The molecule has 2 aromatic carbocycles. The van der Waals surface area contributed by atoms with Gasteiger partial charge < -0.3 is 25.0 Å². The Balaban J connectivity index is 0.000000222. The lowest BCUT2D eigenvalue weighted by Crippen LogP contribution is -2.31. The van der Waals surface area contributed by atoms with Crippen molar-refractivity contribution in [2.45, 2.75) is 70.4 Å². The van der Waals surface area contributed by atoms with Crippen molar-refractivity contribution in [1.82, 2.24) is 25.2 Å². The van der Waals surface area contributed by atoms with Crippen LogP contribution in [0.2, 0.25) is 10.0 Å². The largest absolute Gasteiger partial charge is 0.503 e. The van der Waals surface area contributed by atoms with Crippen LogP contribution in [0.4, 0.5) is 4.39 Å². The first-order valence-electron chi connectivity index (χ1n) is 18.0. The van der Waals surface area contributed by atoms with Gasteiger partial charge in [-0.05, 0) is 104 Å². The van der Waals surface area contributed by atoms with E-state index >= 15 is 4.39 Å². The molecule has 6 heterocycles. The Morgan fingerprint density at radius 3 is 2.62 bits per heavy atom. The van der Waals surface area contributed by atoms with E-state index in [0.717, 1.165) is 65.3 Å². The Hall–Kier alpha value is -3.95. The van der Waals surface area contributed by atoms with E-state index in [-0.39, 0.29) is 46.5 Å². The summed E-state index contributed by atoms with van der Waals surface area (Å²) in [7, 11) is 1.45. The van der Waals surface area contributed by atoms with Crippen molar-refractivity contribution in [1.29, 1.82) is 5.26 Å². The van der Waals surface area contributed by atoms with Crippen LogP contribution in [-0.2, 0) is 11.2 Å².